The van der Waals surface area contributed by atoms with Crippen LogP contribution in [-0.4, -0.2) is 36.9 Å². The third-order valence-electron chi connectivity index (χ3n) is 6.74. The number of rotatable bonds is 11. The van der Waals surface area contributed by atoms with E-state index in [-0.39, 0.29) is 11.8 Å². The molecule has 1 aliphatic rings. The highest BCUT2D eigenvalue weighted by Gasteiger charge is 2.26. The second-order valence-corrected chi connectivity index (χ2v) is 8.84. The minimum absolute atomic E-state index is 0.132. The van der Waals surface area contributed by atoms with Gasteiger partial charge in [-0.15, -0.1) is 0 Å². The van der Waals surface area contributed by atoms with E-state index < -0.39 is 0 Å². The minimum atomic E-state index is -0.132. The van der Waals surface area contributed by atoms with Crippen LogP contribution < -0.4 is 0 Å². The number of fused-ring (bicyclic) bond motifs is 1. The van der Waals surface area contributed by atoms with E-state index in [1.807, 2.05) is 13.0 Å². The Balaban J connectivity index is 1.77. The van der Waals surface area contributed by atoms with Crippen molar-refractivity contribution in [3.8, 4) is 0 Å². The van der Waals surface area contributed by atoms with Gasteiger partial charge in [0.15, 0.2) is 5.78 Å². The van der Waals surface area contributed by atoms with Crippen molar-refractivity contribution in [1.82, 2.24) is 4.90 Å². The zero-order valence-corrected chi connectivity index (χ0v) is 19.9. The van der Waals surface area contributed by atoms with Gasteiger partial charge in [0.2, 0.25) is 0 Å². The number of carbonyl (C=O) groups is 2. The van der Waals surface area contributed by atoms with E-state index in [1.165, 1.54) is 29.4 Å². The average molecular weight is 436 g/mol. The molecule has 0 saturated heterocycles. The number of carbonyl (C=O) groups excluding carboxylic acids is 2. The van der Waals surface area contributed by atoms with Gasteiger partial charge in [0, 0.05) is 31.0 Å². The van der Waals surface area contributed by atoms with Gasteiger partial charge in [-0.2, -0.15) is 0 Å². The van der Waals surface area contributed by atoms with Crippen LogP contribution in [0.3, 0.4) is 0 Å². The summed E-state index contributed by atoms with van der Waals surface area (Å²) in [6, 6.07) is 15.3. The van der Waals surface area contributed by atoms with Crippen LogP contribution in [0.5, 0.6) is 0 Å². The van der Waals surface area contributed by atoms with E-state index in [0.29, 0.717) is 18.9 Å². The number of unbranched alkanes of at least 4 members (excludes halogenated alkanes) is 1. The summed E-state index contributed by atoms with van der Waals surface area (Å²) in [4.78, 5) is 26.3. The van der Waals surface area contributed by atoms with E-state index in [1.54, 1.807) is 0 Å². The number of benzene rings is 2. The standard InChI is InChI=1S/C28H37NO3/c1-4-27(30)24-15-16-25-23(20-24)12-9-13-26(25)29(18-8-7-14-28(31)32-3)19-17-22-11-6-5-10-21(22)2/h5-6,10-11,15-16,20,26H,4,7-9,12-14,17-19H2,1-3H3. The first-order chi connectivity index (χ1) is 15.5. The average Bonchev–Trinajstić information content (AvgIpc) is 2.83. The fourth-order valence-electron chi connectivity index (χ4n) is 4.81. The van der Waals surface area contributed by atoms with Gasteiger partial charge in [-0.3, -0.25) is 14.5 Å². The highest BCUT2D eigenvalue weighted by atomic mass is 16.5. The molecular weight excluding hydrogens is 398 g/mol. The Kier molecular flexibility index (Phi) is 9.04. The Bertz CT molecular complexity index is 921. The first-order valence-corrected chi connectivity index (χ1v) is 12.0. The number of ether oxygens (including phenoxy) is 1. The fraction of sp³-hybridized carbons (Fsp3) is 0.500. The smallest absolute Gasteiger partial charge is 0.305 e. The third-order valence-corrected chi connectivity index (χ3v) is 6.74. The Morgan fingerprint density at radius 3 is 2.66 bits per heavy atom. The summed E-state index contributed by atoms with van der Waals surface area (Å²) in [5.74, 6) is 0.0849. The number of esters is 1. The van der Waals surface area contributed by atoms with E-state index in [0.717, 1.165) is 57.2 Å². The van der Waals surface area contributed by atoms with Gasteiger partial charge in [0.1, 0.15) is 0 Å². The molecule has 2 aromatic rings. The maximum Gasteiger partial charge on any atom is 0.305 e. The Morgan fingerprint density at radius 1 is 1.09 bits per heavy atom. The van der Waals surface area contributed by atoms with Crippen LogP contribution in [-0.2, 0) is 22.4 Å². The fourth-order valence-corrected chi connectivity index (χ4v) is 4.81. The van der Waals surface area contributed by atoms with E-state index in [9.17, 15) is 9.59 Å². The molecule has 0 aromatic heterocycles. The first kappa shape index (κ1) is 24.2. The third kappa shape index (κ3) is 6.29. The van der Waals surface area contributed by atoms with Gasteiger partial charge in [-0.1, -0.05) is 43.3 Å². The van der Waals surface area contributed by atoms with E-state index >= 15 is 0 Å². The topological polar surface area (TPSA) is 46.6 Å². The molecule has 32 heavy (non-hydrogen) atoms. The second-order valence-electron chi connectivity index (χ2n) is 8.84. The van der Waals surface area contributed by atoms with Crippen molar-refractivity contribution >= 4 is 11.8 Å². The molecule has 0 saturated carbocycles. The molecular formula is C28H37NO3. The van der Waals surface area contributed by atoms with Crippen molar-refractivity contribution in [1.29, 1.82) is 0 Å². The molecule has 3 rings (SSSR count). The summed E-state index contributed by atoms with van der Waals surface area (Å²) in [6.07, 6.45) is 7.19. The number of hydrogen-bond acceptors (Lipinski definition) is 4. The van der Waals surface area contributed by atoms with Crippen molar-refractivity contribution in [2.45, 2.75) is 71.3 Å². The lowest BCUT2D eigenvalue weighted by Crippen LogP contribution is -2.34. The summed E-state index contributed by atoms with van der Waals surface area (Å²) < 4.78 is 4.80. The SMILES string of the molecule is CCC(=O)c1ccc2c(c1)CCCC2N(CCCCC(=O)OC)CCc1ccccc1C. The second kappa shape index (κ2) is 12.0. The molecule has 1 aliphatic carbocycles. The molecule has 0 bridgehead atoms. The van der Waals surface area contributed by atoms with Crippen molar-refractivity contribution in [2.75, 3.05) is 20.2 Å². The monoisotopic (exact) mass is 435 g/mol. The molecule has 2 aromatic carbocycles. The molecule has 1 unspecified atom stereocenters. The Labute approximate surface area is 193 Å². The summed E-state index contributed by atoms with van der Waals surface area (Å²) in [5.41, 5.74) is 6.28. The van der Waals surface area contributed by atoms with Crippen LogP contribution in [0.4, 0.5) is 0 Å². The number of aryl methyl sites for hydroxylation is 2. The largest absolute Gasteiger partial charge is 0.469 e. The number of Topliss-reactive ketones (excluding diaryl/α,β-unsaturated/α-hetero) is 1. The predicted octanol–water partition coefficient (Wildman–Crippen LogP) is 5.85. The van der Waals surface area contributed by atoms with Crippen molar-refractivity contribution in [3.05, 3.63) is 70.3 Å². The quantitative estimate of drug-likeness (QED) is 0.252. The molecule has 0 N–H and O–H groups in total. The zero-order valence-electron chi connectivity index (χ0n) is 19.9. The van der Waals surface area contributed by atoms with Gasteiger partial charge in [0.05, 0.1) is 7.11 Å². The lowest BCUT2D eigenvalue weighted by atomic mass is 9.84. The number of nitrogens with zero attached hydrogens (tertiary/aromatic N) is 1. The van der Waals surface area contributed by atoms with Gasteiger partial charge < -0.3 is 4.74 Å². The van der Waals surface area contributed by atoms with Crippen LogP contribution in [0.1, 0.15) is 84.1 Å². The van der Waals surface area contributed by atoms with Crippen LogP contribution in [0.15, 0.2) is 42.5 Å². The van der Waals surface area contributed by atoms with Crippen molar-refractivity contribution in [2.24, 2.45) is 0 Å². The molecule has 0 heterocycles. The molecule has 4 nitrogen and oxygen atoms in total. The van der Waals surface area contributed by atoms with E-state index in [4.69, 9.17) is 4.74 Å². The molecule has 172 valence electrons. The van der Waals surface area contributed by atoms with Crippen molar-refractivity contribution in [3.63, 3.8) is 0 Å². The molecule has 1 atom stereocenters. The summed E-state index contributed by atoms with van der Waals surface area (Å²) in [6.45, 7) is 6.05. The van der Waals surface area contributed by atoms with Crippen molar-refractivity contribution < 1.29 is 14.3 Å². The summed E-state index contributed by atoms with van der Waals surface area (Å²) in [7, 11) is 1.45. The van der Waals surface area contributed by atoms with Crippen LogP contribution >= 0.6 is 0 Å². The highest BCUT2D eigenvalue weighted by Crippen LogP contribution is 2.35. The first-order valence-electron chi connectivity index (χ1n) is 12.0. The molecule has 0 amide bonds. The molecule has 4 heteroatoms. The van der Waals surface area contributed by atoms with E-state index in [2.05, 4.69) is 48.2 Å². The normalized spacial score (nSPS) is 15.4. The molecule has 0 fully saturated rings. The van der Waals surface area contributed by atoms with Gasteiger partial charge >= 0.3 is 5.97 Å². The minimum Gasteiger partial charge on any atom is -0.469 e. The lowest BCUT2D eigenvalue weighted by Gasteiger charge is -2.36. The molecule has 0 spiro atoms. The summed E-state index contributed by atoms with van der Waals surface area (Å²) >= 11 is 0. The predicted molar refractivity (Wildman–Crippen MR) is 129 cm³/mol. The molecule has 0 aliphatic heterocycles. The lowest BCUT2D eigenvalue weighted by molar-refractivity contribution is -0.140. The maximum atomic E-state index is 12.2. The van der Waals surface area contributed by atoms with Crippen LogP contribution in [0, 0.1) is 6.92 Å². The maximum absolute atomic E-state index is 12.2. The number of hydrogen-bond donors (Lipinski definition) is 0. The van der Waals surface area contributed by atoms with Gasteiger partial charge in [-0.05, 0) is 80.3 Å². The van der Waals surface area contributed by atoms with Gasteiger partial charge in [0.25, 0.3) is 0 Å². The number of methoxy groups -OCH3 is 1. The highest BCUT2D eigenvalue weighted by molar-refractivity contribution is 5.96. The number of ketones is 1. The Hall–Kier alpha value is -2.46. The Morgan fingerprint density at radius 2 is 1.91 bits per heavy atom. The summed E-state index contributed by atoms with van der Waals surface area (Å²) in [5, 5.41) is 0. The zero-order chi connectivity index (χ0) is 22.9. The van der Waals surface area contributed by atoms with Crippen LogP contribution in [0.25, 0.3) is 0 Å². The molecule has 0 radical (unpaired) electrons. The van der Waals surface area contributed by atoms with Crippen LogP contribution in [0.2, 0.25) is 0 Å². The van der Waals surface area contributed by atoms with Gasteiger partial charge in [-0.25, -0.2) is 0 Å².